The van der Waals surface area contributed by atoms with Crippen molar-refractivity contribution in [2.45, 2.75) is 52.5 Å². The molecule has 0 saturated heterocycles. The van der Waals surface area contributed by atoms with Crippen molar-refractivity contribution in [2.75, 3.05) is 6.61 Å². The Hall–Kier alpha value is -1.02. The first-order valence-electron chi connectivity index (χ1n) is 7.99. The molecule has 1 aliphatic rings. The number of rotatable bonds is 5. The van der Waals surface area contributed by atoms with Gasteiger partial charge in [0.1, 0.15) is 5.75 Å². The van der Waals surface area contributed by atoms with Gasteiger partial charge in [-0.25, -0.2) is 0 Å². The number of ether oxygens (including phenoxy) is 1. The molecule has 20 heavy (non-hydrogen) atoms. The maximum absolute atomic E-state index is 6.39. The van der Waals surface area contributed by atoms with Crippen molar-refractivity contribution in [2.24, 2.45) is 23.5 Å². The molecule has 0 aromatic heterocycles. The average molecular weight is 275 g/mol. The fourth-order valence-corrected chi connectivity index (χ4v) is 3.61. The Morgan fingerprint density at radius 1 is 1.20 bits per heavy atom. The standard InChI is InChI=1S/C18H29NO/c1-13-5-4-6-17(12-13)20-8-7-18(19)16-10-14(2)9-15(3)11-16/h4-6,12,14-16,18H,7-11,19H2,1-3H3. The van der Waals surface area contributed by atoms with Gasteiger partial charge in [0.05, 0.1) is 6.61 Å². The van der Waals surface area contributed by atoms with Crippen molar-refractivity contribution in [1.82, 2.24) is 0 Å². The van der Waals surface area contributed by atoms with E-state index in [9.17, 15) is 0 Å². The Balaban J connectivity index is 1.76. The number of aryl methyl sites for hydroxylation is 1. The second-order valence-corrected chi connectivity index (χ2v) is 6.80. The number of nitrogens with two attached hydrogens (primary N) is 1. The van der Waals surface area contributed by atoms with E-state index >= 15 is 0 Å². The van der Waals surface area contributed by atoms with Gasteiger partial charge in [0.15, 0.2) is 0 Å². The average Bonchev–Trinajstić information content (AvgIpc) is 2.37. The molecule has 1 aromatic rings. The Bertz CT molecular complexity index is 408. The van der Waals surface area contributed by atoms with Gasteiger partial charge in [-0.2, -0.15) is 0 Å². The minimum absolute atomic E-state index is 0.282. The van der Waals surface area contributed by atoms with Gasteiger partial charge in [0.25, 0.3) is 0 Å². The van der Waals surface area contributed by atoms with Gasteiger partial charge >= 0.3 is 0 Å². The molecular formula is C18H29NO. The van der Waals surface area contributed by atoms with Crippen LogP contribution in [0.5, 0.6) is 5.75 Å². The van der Waals surface area contributed by atoms with E-state index in [4.69, 9.17) is 10.5 Å². The van der Waals surface area contributed by atoms with E-state index in [-0.39, 0.29) is 6.04 Å². The molecule has 0 aliphatic heterocycles. The van der Waals surface area contributed by atoms with E-state index in [1.807, 2.05) is 12.1 Å². The quantitative estimate of drug-likeness (QED) is 0.875. The maximum Gasteiger partial charge on any atom is 0.119 e. The van der Waals surface area contributed by atoms with E-state index in [1.54, 1.807) is 0 Å². The summed E-state index contributed by atoms with van der Waals surface area (Å²) in [4.78, 5) is 0. The SMILES string of the molecule is Cc1cccc(OCCC(N)C2CC(C)CC(C)C2)c1. The van der Waals surface area contributed by atoms with Crippen molar-refractivity contribution >= 4 is 0 Å². The van der Waals surface area contributed by atoms with Gasteiger partial charge in [0.2, 0.25) is 0 Å². The molecule has 2 nitrogen and oxygen atoms in total. The topological polar surface area (TPSA) is 35.2 Å². The minimum atomic E-state index is 0.282. The summed E-state index contributed by atoms with van der Waals surface area (Å²) in [6.45, 7) is 7.53. The summed E-state index contributed by atoms with van der Waals surface area (Å²) in [7, 11) is 0. The van der Waals surface area contributed by atoms with Crippen LogP contribution in [0.15, 0.2) is 24.3 Å². The molecule has 2 heteroatoms. The monoisotopic (exact) mass is 275 g/mol. The van der Waals surface area contributed by atoms with Crippen LogP contribution in [0.25, 0.3) is 0 Å². The van der Waals surface area contributed by atoms with Crippen LogP contribution >= 0.6 is 0 Å². The van der Waals surface area contributed by atoms with Gasteiger partial charge in [-0.05, 0) is 68.1 Å². The Morgan fingerprint density at radius 3 is 2.55 bits per heavy atom. The smallest absolute Gasteiger partial charge is 0.119 e. The third-order valence-corrected chi connectivity index (χ3v) is 4.53. The zero-order valence-electron chi connectivity index (χ0n) is 13.1. The lowest BCUT2D eigenvalue weighted by Gasteiger charge is -2.35. The molecule has 0 spiro atoms. The number of hydrogen-bond donors (Lipinski definition) is 1. The first-order valence-corrected chi connectivity index (χ1v) is 7.99. The molecule has 1 fully saturated rings. The van der Waals surface area contributed by atoms with Gasteiger partial charge in [-0.1, -0.05) is 26.0 Å². The summed E-state index contributed by atoms with van der Waals surface area (Å²) in [6.07, 6.45) is 4.90. The van der Waals surface area contributed by atoms with Crippen molar-refractivity contribution < 1.29 is 4.74 Å². The van der Waals surface area contributed by atoms with Gasteiger partial charge in [0, 0.05) is 6.04 Å². The lowest BCUT2D eigenvalue weighted by molar-refractivity contribution is 0.175. The van der Waals surface area contributed by atoms with Gasteiger partial charge < -0.3 is 10.5 Å². The van der Waals surface area contributed by atoms with Crippen molar-refractivity contribution in [3.05, 3.63) is 29.8 Å². The van der Waals surface area contributed by atoms with E-state index in [2.05, 4.69) is 32.9 Å². The first kappa shape index (κ1) is 15.4. The zero-order valence-corrected chi connectivity index (χ0v) is 13.1. The van der Waals surface area contributed by atoms with Crippen molar-refractivity contribution in [3.8, 4) is 5.75 Å². The second kappa shape index (κ2) is 7.12. The molecule has 112 valence electrons. The van der Waals surface area contributed by atoms with Crippen LogP contribution in [0.4, 0.5) is 0 Å². The lowest BCUT2D eigenvalue weighted by atomic mass is 9.73. The van der Waals surface area contributed by atoms with Gasteiger partial charge in [-0.15, -0.1) is 0 Å². The number of hydrogen-bond acceptors (Lipinski definition) is 2. The summed E-state index contributed by atoms with van der Waals surface area (Å²) < 4.78 is 5.82. The summed E-state index contributed by atoms with van der Waals surface area (Å²) in [5.74, 6) is 3.29. The number of benzene rings is 1. The fraction of sp³-hybridized carbons (Fsp3) is 0.667. The molecule has 0 heterocycles. The molecule has 1 saturated carbocycles. The molecule has 0 amide bonds. The molecule has 1 aliphatic carbocycles. The van der Waals surface area contributed by atoms with Crippen molar-refractivity contribution in [1.29, 1.82) is 0 Å². The third-order valence-electron chi connectivity index (χ3n) is 4.53. The van der Waals surface area contributed by atoms with E-state index in [1.165, 1.54) is 24.8 Å². The Kier molecular flexibility index (Phi) is 5.47. The van der Waals surface area contributed by atoms with Crippen LogP contribution in [-0.2, 0) is 0 Å². The normalized spacial score (nSPS) is 28.1. The highest BCUT2D eigenvalue weighted by Gasteiger charge is 2.27. The predicted octanol–water partition coefficient (Wildman–Crippen LogP) is 4.16. The molecule has 1 aromatic carbocycles. The summed E-state index contributed by atoms with van der Waals surface area (Å²) >= 11 is 0. The predicted molar refractivity (Wildman–Crippen MR) is 84.9 cm³/mol. The highest BCUT2D eigenvalue weighted by molar-refractivity contribution is 5.27. The van der Waals surface area contributed by atoms with Crippen LogP contribution in [0.2, 0.25) is 0 Å². The van der Waals surface area contributed by atoms with Crippen LogP contribution in [0, 0.1) is 24.7 Å². The highest BCUT2D eigenvalue weighted by atomic mass is 16.5. The molecule has 2 N–H and O–H groups in total. The summed E-state index contributed by atoms with van der Waals surface area (Å²) in [6, 6.07) is 8.50. The Labute approximate surface area is 123 Å². The van der Waals surface area contributed by atoms with Crippen LogP contribution in [0.1, 0.15) is 45.1 Å². The summed E-state index contributed by atoms with van der Waals surface area (Å²) in [5.41, 5.74) is 7.62. The molecular weight excluding hydrogens is 246 g/mol. The summed E-state index contributed by atoms with van der Waals surface area (Å²) in [5, 5.41) is 0. The highest BCUT2D eigenvalue weighted by Crippen LogP contribution is 2.34. The van der Waals surface area contributed by atoms with Crippen LogP contribution in [0.3, 0.4) is 0 Å². The largest absolute Gasteiger partial charge is 0.494 e. The zero-order chi connectivity index (χ0) is 14.5. The molecule has 3 atom stereocenters. The molecule has 3 unspecified atom stereocenters. The maximum atomic E-state index is 6.39. The minimum Gasteiger partial charge on any atom is -0.494 e. The van der Waals surface area contributed by atoms with Crippen LogP contribution < -0.4 is 10.5 Å². The van der Waals surface area contributed by atoms with Gasteiger partial charge in [-0.3, -0.25) is 0 Å². The third kappa shape index (κ3) is 4.52. The molecule has 0 bridgehead atoms. The van der Waals surface area contributed by atoms with E-state index < -0.39 is 0 Å². The fourth-order valence-electron chi connectivity index (χ4n) is 3.61. The van der Waals surface area contributed by atoms with Crippen LogP contribution in [-0.4, -0.2) is 12.6 Å². The first-order chi connectivity index (χ1) is 9.54. The van der Waals surface area contributed by atoms with Crippen molar-refractivity contribution in [3.63, 3.8) is 0 Å². The lowest BCUT2D eigenvalue weighted by Crippen LogP contribution is -2.36. The Morgan fingerprint density at radius 2 is 1.90 bits per heavy atom. The van der Waals surface area contributed by atoms with E-state index in [0.717, 1.165) is 30.6 Å². The molecule has 2 rings (SSSR count). The second-order valence-electron chi connectivity index (χ2n) is 6.80. The van der Waals surface area contributed by atoms with E-state index in [0.29, 0.717) is 5.92 Å². The molecule has 0 radical (unpaired) electrons.